The van der Waals surface area contributed by atoms with Crippen molar-refractivity contribution < 1.29 is 24.0 Å². The van der Waals surface area contributed by atoms with Crippen LogP contribution in [0.3, 0.4) is 0 Å². The van der Waals surface area contributed by atoms with Crippen molar-refractivity contribution in [1.82, 2.24) is 63.4 Å². The van der Waals surface area contributed by atoms with Crippen LogP contribution < -0.4 is 58.5 Å². The molecule has 0 aromatic carbocycles. The van der Waals surface area contributed by atoms with E-state index in [1.807, 2.05) is 18.7 Å². The molecule has 0 bridgehead atoms. The molecule has 5 amide bonds. The molecule has 5 atom stereocenters. The van der Waals surface area contributed by atoms with E-state index in [1.165, 1.54) is 0 Å². The van der Waals surface area contributed by atoms with Gasteiger partial charge in [-0.15, -0.1) is 0 Å². The van der Waals surface area contributed by atoms with Gasteiger partial charge in [-0.2, -0.15) is 0 Å². The normalized spacial score (nSPS) is 14.5. The number of carbonyl (C=O) groups is 5. The van der Waals surface area contributed by atoms with Gasteiger partial charge in [0, 0.05) is 19.6 Å². The molecule has 17 heteroatoms. The summed E-state index contributed by atoms with van der Waals surface area (Å²) in [5, 5.41) is 31.4. The molecule has 5 unspecified atom stereocenters. The fourth-order valence-electron chi connectivity index (χ4n) is 4.26. The van der Waals surface area contributed by atoms with E-state index >= 15 is 0 Å². The molecule has 0 aromatic heterocycles. The number of carbonyl (C=O) groups excluding carboxylic acids is 5. The van der Waals surface area contributed by atoms with Crippen molar-refractivity contribution in [2.45, 2.75) is 56.9 Å². The molecule has 0 saturated heterocycles. The third kappa shape index (κ3) is 16.8. The fourth-order valence-corrected chi connectivity index (χ4v) is 4.26. The molecule has 11 N–H and O–H groups in total. The third-order valence-corrected chi connectivity index (χ3v) is 7.47. The fraction of sp³-hybridized carbons (Fsp3) is 0.821. The first-order chi connectivity index (χ1) is 21.6. The summed E-state index contributed by atoms with van der Waals surface area (Å²) >= 11 is 0. The van der Waals surface area contributed by atoms with E-state index < -0.39 is 47.9 Å². The molecule has 0 aromatic rings. The Bertz CT molecular complexity index is 877. The number of likely N-dealkylation sites (N-methyl/N-ethyl adjacent to an activating group) is 4. The van der Waals surface area contributed by atoms with Crippen molar-refractivity contribution >= 4 is 29.5 Å². The van der Waals surface area contributed by atoms with Crippen LogP contribution >= 0.6 is 0 Å². The van der Waals surface area contributed by atoms with E-state index in [-0.39, 0.29) is 38.1 Å². The van der Waals surface area contributed by atoms with Gasteiger partial charge in [0.1, 0.15) is 18.1 Å². The summed E-state index contributed by atoms with van der Waals surface area (Å²) in [7, 11) is 10.1. The average Bonchev–Trinajstić information content (AvgIpc) is 3.04. The molecule has 0 heterocycles. The Hall–Kier alpha value is -2.93. The van der Waals surface area contributed by atoms with Crippen molar-refractivity contribution in [1.29, 1.82) is 0 Å². The second kappa shape index (κ2) is 25.3. The maximum atomic E-state index is 13.2. The van der Waals surface area contributed by atoms with Crippen molar-refractivity contribution in [2.24, 2.45) is 0 Å². The van der Waals surface area contributed by atoms with Crippen LogP contribution in [-0.2, 0) is 24.0 Å². The summed E-state index contributed by atoms with van der Waals surface area (Å²) in [4.78, 5) is 66.6. The first-order valence-electron chi connectivity index (χ1n) is 15.7. The minimum absolute atomic E-state index is 0.0114. The lowest BCUT2D eigenvalue weighted by Gasteiger charge is -2.26. The quantitative estimate of drug-likeness (QED) is 0.0398. The molecule has 0 rings (SSSR count). The molecule has 0 spiro atoms. The lowest BCUT2D eigenvalue weighted by atomic mass is 10.1. The van der Waals surface area contributed by atoms with Gasteiger partial charge >= 0.3 is 0 Å². The summed E-state index contributed by atoms with van der Waals surface area (Å²) in [5.74, 6) is -1.96. The molecule has 0 aliphatic rings. The molecule has 0 fully saturated rings. The highest BCUT2D eigenvalue weighted by Gasteiger charge is 2.28. The van der Waals surface area contributed by atoms with Crippen LogP contribution in [0.25, 0.3) is 0 Å². The van der Waals surface area contributed by atoms with Crippen LogP contribution in [0.5, 0.6) is 0 Å². The van der Waals surface area contributed by atoms with Crippen LogP contribution in [-0.4, -0.2) is 159 Å². The maximum Gasteiger partial charge on any atom is 0.245 e. The van der Waals surface area contributed by atoms with Crippen molar-refractivity contribution in [3.8, 4) is 0 Å². The first kappa shape index (κ1) is 42.1. The zero-order chi connectivity index (χ0) is 34.2. The minimum Gasteiger partial charge on any atom is -0.353 e. The zero-order valence-corrected chi connectivity index (χ0v) is 28.4. The lowest BCUT2D eigenvalue weighted by molar-refractivity contribution is -0.131. The summed E-state index contributed by atoms with van der Waals surface area (Å²) in [6.07, 6.45) is 1.14. The maximum absolute atomic E-state index is 13.2. The number of amides is 5. The van der Waals surface area contributed by atoms with Crippen LogP contribution in [0, 0.1) is 0 Å². The Kier molecular flexibility index (Phi) is 23.6. The van der Waals surface area contributed by atoms with Gasteiger partial charge in [-0.25, -0.2) is 0 Å². The van der Waals surface area contributed by atoms with Crippen molar-refractivity contribution in [3.05, 3.63) is 0 Å². The Labute approximate surface area is 268 Å². The highest BCUT2D eigenvalue weighted by Crippen LogP contribution is 1.95. The van der Waals surface area contributed by atoms with Crippen molar-refractivity contribution in [2.75, 3.05) is 94.8 Å². The predicted molar refractivity (Wildman–Crippen MR) is 175 cm³/mol. The van der Waals surface area contributed by atoms with Crippen LogP contribution in [0.2, 0.25) is 0 Å². The van der Waals surface area contributed by atoms with Gasteiger partial charge in [-0.05, 0) is 81.3 Å². The van der Waals surface area contributed by atoms with Gasteiger partial charge in [-0.1, -0.05) is 13.8 Å². The summed E-state index contributed by atoms with van der Waals surface area (Å²) < 4.78 is 0. The number of nitrogens with one attached hydrogen (secondary N) is 11. The number of nitrogens with zero attached hydrogens (tertiary/aromatic N) is 1. The monoisotopic (exact) mass is 644 g/mol. The second-order valence-electron chi connectivity index (χ2n) is 10.4. The Morgan fingerprint density at radius 1 is 0.489 bits per heavy atom. The van der Waals surface area contributed by atoms with Crippen molar-refractivity contribution in [3.63, 3.8) is 0 Å². The molecule has 17 nitrogen and oxygen atoms in total. The highest BCUT2D eigenvalue weighted by atomic mass is 16.2. The van der Waals surface area contributed by atoms with E-state index in [2.05, 4.69) is 58.5 Å². The Morgan fingerprint density at radius 2 is 0.844 bits per heavy atom. The first-order valence-corrected chi connectivity index (χ1v) is 15.7. The molecule has 0 radical (unpaired) electrons. The van der Waals surface area contributed by atoms with Gasteiger partial charge in [0.25, 0.3) is 0 Å². The van der Waals surface area contributed by atoms with E-state index in [4.69, 9.17) is 0 Å². The predicted octanol–water partition coefficient (Wildman–Crippen LogP) is -5.19. The van der Waals surface area contributed by atoms with E-state index in [0.29, 0.717) is 39.0 Å². The second-order valence-corrected chi connectivity index (χ2v) is 10.4. The Balaban J connectivity index is 5.47. The zero-order valence-electron chi connectivity index (χ0n) is 28.4. The largest absolute Gasteiger partial charge is 0.353 e. The Morgan fingerprint density at radius 3 is 1.22 bits per heavy atom. The third-order valence-electron chi connectivity index (χ3n) is 7.47. The van der Waals surface area contributed by atoms with Gasteiger partial charge in [0.15, 0.2) is 0 Å². The molecule has 0 aliphatic carbocycles. The van der Waals surface area contributed by atoms with Crippen LogP contribution in [0.4, 0.5) is 0 Å². The van der Waals surface area contributed by atoms with Gasteiger partial charge < -0.3 is 58.5 Å². The lowest BCUT2D eigenvalue weighted by Crippen LogP contribution is -2.60. The SMILES string of the molecule is CCN(CC)CNC(=O)C(CNC(=O)C(CNC(=O)C(CCNC)NC)NC)NC(=O)C(CNC(=O)C(CCNC)NC)NC. The summed E-state index contributed by atoms with van der Waals surface area (Å²) in [6, 6.07) is -3.59. The standard InChI is InChI=1S/C28H60N12O5/c1-9-40(10-2)18-38-27(44)23(39-28(45)22(34-8)16-36-25(42)20(32-6)12-14-30-4)17-37-26(43)21(33-7)15-35-24(41)19(31-5)11-13-29-3/h19-23,29-34H,9-18H2,1-8H3,(H,35,41)(H,36,42)(H,37,43)(H,38,44)(H,39,45). The number of hydrogen-bond donors (Lipinski definition) is 11. The molecule has 0 aliphatic heterocycles. The average molecular weight is 645 g/mol. The highest BCUT2D eigenvalue weighted by molar-refractivity contribution is 5.91. The molecule has 262 valence electrons. The minimum atomic E-state index is -1.11. The van der Waals surface area contributed by atoms with Gasteiger partial charge in [0.2, 0.25) is 29.5 Å². The van der Waals surface area contributed by atoms with Crippen LogP contribution in [0.1, 0.15) is 26.7 Å². The van der Waals surface area contributed by atoms with Gasteiger partial charge in [0.05, 0.1) is 18.8 Å². The number of hydrogen-bond acceptors (Lipinski definition) is 12. The number of rotatable bonds is 26. The van der Waals surface area contributed by atoms with Crippen LogP contribution in [0.15, 0.2) is 0 Å². The molecule has 0 saturated carbocycles. The van der Waals surface area contributed by atoms with Gasteiger partial charge in [-0.3, -0.25) is 28.9 Å². The summed E-state index contributed by atoms with van der Waals surface area (Å²) in [6.45, 7) is 6.72. The smallest absolute Gasteiger partial charge is 0.245 e. The topological polar surface area (TPSA) is 221 Å². The van der Waals surface area contributed by atoms with E-state index in [9.17, 15) is 24.0 Å². The summed E-state index contributed by atoms with van der Waals surface area (Å²) in [5.41, 5.74) is 0. The molecule has 45 heavy (non-hydrogen) atoms. The van der Waals surface area contributed by atoms with E-state index in [1.54, 1.807) is 42.3 Å². The van der Waals surface area contributed by atoms with E-state index in [0.717, 1.165) is 0 Å². The molecular weight excluding hydrogens is 584 g/mol. The molecular formula is C28H60N12O5.